The number of hydrogen-bond acceptors (Lipinski definition) is 4. The van der Waals surface area contributed by atoms with Crippen LogP contribution < -0.4 is 0 Å². The number of nitrogens with zero attached hydrogens (tertiary/aromatic N) is 1. The molecule has 0 N–H and O–H groups in total. The molecule has 1 aromatic carbocycles. The van der Waals surface area contributed by atoms with E-state index in [2.05, 4.69) is 0 Å². The predicted molar refractivity (Wildman–Crippen MR) is 71.9 cm³/mol. The smallest absolute Gasteiger partial charge is 0.303 e. The Kier molecular flexibility index (Phi) is 4.50. The van der Waals surface area contributed by atoms with E-state index in [0.717, 1.165) is 12.8 Å². The number of ether oxygens (including phenoxy) is 1. The Morgan fingerprint density at radius 2 is 1.90 bits per heavy atom. The largest absolute Gasteiger partial charge is 0.452 e. The summed E-state index contributed by atoms with van der Waals surface area (Å²) in [6.07, 6.45) is 1.10. The molecule has 1 aromatic rings. The van der Waals surface area contributed by atoms with Gasteiger partial charge < -0.3 is 4.74 Å². The van der Waals surface area contributed by atoms with Gasteiger partial charge in [-0.15, -0.1) is 0 Å². The molecular formula is C15H17NO4. The first-order valence-electron chi connectivity index (χ1n) is 6.67. The maximum absolute atomic E-state index is 12.4. The number of imide groups is 1. The summed E-state index contributed by atoms with van der Waals surface area (Å²) in [5.41, 5.74) is 0.462. The fourth-order valence-electron chi connectivity index (χ4n) is 2.25. The molecular weight excluding hydrogens is 258 g/mol. The summed E-state index contributed by atoms with van der Waals surface area (Å²) in [6.45, 7) is 1.63. The topological polar surface area (TPSA) is 63.7 Å². The zero-order chi connectivity index (χ0) is 14.5. The van der Waals surface area contributed by atoms with Gasteiger partial charge in [0.2, 0.25) is 0 Å². The van der Waals surface area contributed by atoms with Gasteiger partial charge in [0.15, 0.2) is 6.10 Å². The maximum Gasteiger partial charge on any atom is 0.303 e. The van der Waals surface area contributed by atoms with Gasteiger partial charge in [-0.3, -0.25) is 19.3 Å². The Balaban J connectivity index is 2.19. The number of amides is 2. The normalized spacial score (nSPS) is 19.4. The highest BCUT2D eigenvalue weighted by molar-refractivity contribution is 6.06. The quantitative estimate of drug-likeness (QED) is 0.609. The number of likely N-dealkylation sites (tertiary alicyclic amines) is 1. The van der Waals surface area contributed by atoms with Crippen molar-refractivity contribution < 1.29 is 19.1 Å². The summed E-state index contributed by atoms with van der Waals surface area (Å²) in [6, 6.07) is 8.64. The summed E-state index contributed by atoms with van der Waals surface area (Å²) in [5, 5.41) is 0. The van der Waals surface area contributed by atoms with Crippen molar-refractivity contribution in [3.05, 3.63) is 35.9 Å². The zero-order valence-electron chi connectivity index (χ0n) is 11.4. The van der Waals surface area contributed by atoms with E-state index >= 15 is 0 Å². The van der Waals surface area contributed by atoms with Gasteiger partial charge in [0.25, 0.3) is 11.8 Å². The van der Waals surface area contributed by atoms with Crippen LogP contribution in [0.5, 0.6) is 0 Å². The monoisotopic (exact) mass is 275 g/mol. The molecule has 0 aliphatic carbocycles. The summed E-state index contributed by atoms with van der Waals surface area (Å²) < 4.78 is 5.02. The first-order chi connectivity index (χ1) is 9.59. The Morgan fingerprint density at radius 3 is 2.55 bits per heavy atom. The summed E-state index contributed by atoms with van der Waals surface area (Å²) in [4.78, 5) is 36.9. The van der Waals surface area contributed by atoms with Gasteiger partial charge in [-0.1, -0.05) is 18.2 Å². The highest BCUT2D eigenvalue weighted by atomic mass is 16.5. The summed E-state index contributed by atoms with van der Waals surface area (Å²) in [7, 11) is 0. The number of benzene rings is 1. The van der Waals surface area contributed by atoms with Crippen LogP contribution in [0.25, 0.3) is 0 Å². The molecule has 0 unspecified atom stereocenters. The maximum atomic E-state index is 12.4. The second-order valence-corrected chi connectivity index (χ2v) is 4.75. The van der Waals surface area contributed by atoms with E-state index in [0.29, 0.717) is 18.5 Å². The van der Waals surface area contributed by atoms with Crippen LogP contribution in [0.15, 0.2) is 30.3 Å². The highest BCUT2D eigenvalue weighted by Gasteiger charge is 2.33. The van der Waals surface area contributed by atoms with Gasteiger partial charge in [0.1, 0.15) is 0 Å². The van der Waals surface area contributed by atoms with E-state index in [-0.39, 0.29) is 5.91 Å². The Labute approximate surface area is 117 Å². The van der Waals surface area contributed by atoms with Gasteiger partial charge in [-0.25, -0.2) is 0 Å². The first kappa shape index (κ1) is 14.2. The number of carbonyl (C=O) groups is 3. The van der Waals surface area contributed by atoms with Crippen LogP contribution >= 0.6 is 0 Å². The van der Waals surface area contributed by atoms with Crippen LogP contribution in [-0.2, 0) is 14.3 Å². The third kappa shape index (κ3) is 3.23. The van der Waals surface area contributed by atoms with Crippen molar-refractivity contribution in [2.75, 3.05) is 6.54 Å². The van der Waals surface area contributed by atoms with Crippen molar-refractivity contribution in [3.63, 3.8) is 0 Å². The van der Waals surface area contributed by atoms with Crippen molar-refractivity contribution in [2.24, 2.45) is 0 Å². The average molecular weight is 275 g/mol. The van der Waals surface area contributed by atoms with E-state index in [1.54, 1.807) is 24.3 Å². The lowest BCUT2D eigenvalue weighted by atomic mass is 10.1. The minimum Gasteiger partial charge on any atom is -0.452 e. The fourth-order valence-corrected chi connectivity index (χ4v) is 2.25. The molecule has 0 saturated carbocycles. The molecule has 1 fully saturated rings. The molecule has 1 aliphatic heterocycles. The average Bonchev–Trinajstić information content (AvgIpc) is 2.61. The molecule has 0 bridgehead atoms. The van der Waals surface area contributed by atoms with Gasteiger partial charge in [-0.2, -0.15) is 0 Å². The van der Waals surface area contributed by atoms with Crippen LogP contribution in [0.3, 0.4) is 0 Å². The van der Waals surface area contributed by atoms with Crippen LogP contribution in [0.4, 0.5) is 0 Å². The lowest BCUT2D eigenvalue weighted by Gasteiger charge is -2.22. The minimum atomic E-state index is -0.845. The second kappa shape index (κ2) is 6.32. The SMILES string of the molecule is CC(=O)O[C@@H]1CCCCN(C(=O)c2ccccc2)C1=O. The molecule has 20 heavy (non-hydrogen) atoms. The van der Waals surface area contributed by atoms with Crippen LogP contribution in [0.2, 0.25) is 0 Å². The molecule has 0 aromatic heterocycles. The fraction of sp³-hybridized carbons (Fsp3) is 0.400. The Morgan fingerprint density at radius 1 is 1.20 bits per heavy atom. The standard InChI is InChI=1S/C15H17NO4/c1-11(17)20-13-9-5-6-10-16(15(13)19)14(18)12-7-3-2-4-8-12/h2-4,7-8,13H,5-6,9-10H2,1H3/t13-/m1/s1. The van der Waals surface area contributed by atoms with Crippen molar-refractivity contribution in [1.82, 2.24) is 4.90 Å². The minimum absolute atomic E-state index is 0.338. The van der Waals surface area contributed by atoms with Crippen LogP contribution in [0.1, 0.15) is 36.5 Å². The molecule has 2 rings (SSSR count). The number of rotatable bonds is 2. The predicted octanol–water partition coefficient (Wildman–Crippen LogP) is 1.77. The highest BCUT2D eigenvalue weighted by Crippen LogP contribution is 2.17. The summed E-state index contributed by atoms with van der Waals surface area (Å²) in [5.74, 6) is -1.27. The number of hydrogen-bond donors (Lipinski definition) is 0. The van der Waals surface area contributed by atoms with E-state index in [1.807, 2.05) is 6.07 Å². The molecule has 106 valence electrons. The van der Waals surface area contributed by atoms with Gasteiger partial charge in [0.05, 0.1) is 0 Å². The van der Waals surface area contributed by atoms with Crippen LogP contribution in [-0.4, -0.2) is 35.3 Å². The third-order valence-electron chi connectivity index (χ3n) is 3.21. The molecule has 1 atom stereocenters. The van der Waals surface area contributed by atoms with E-state index in [9.17, 15) is 14.4 Å². The van der Waals surface area contributed by atoms with Gasteiger partial charge >= 0.3 is 5.97 Å². The number of esters is 1. The molecule has 1 aliphatic rings. The van der Waals surface area contributed by atoms with Gasteiger partial charge in [-0.05, 0) is 31.4 Å². The molecule has 1 saturated heterocycles. The number of carbonyl (C=O) groups excluding carboxylic acids is 3. The van der Waals surface area contributed by atoms with Crippen LogP contribution in [0, 0.1) is 0 Å². The van der Waals surface area contributed by atoms with E-state index < -0.39 is 18.0 Å². The molecule has 2 amide bonds. The summed E-state index contributed by atoms with van der Waals surface area (Å²) >= 11 is 0. The Bertz CT molecular complexity index is 512. The molecule has 0 radical (unpaired) electrons. The van der Waals surface area contributed by atoms with Crippen molar-refractivity contribution >= 4 is 17.8 Å². The molecule has 5 heteroatoms. The van der Waals surface area contributed by atoms with Crippen molar-refractivity contribution in [3.8, 4) is 0 Å². The van der Waals surface area contributed by atoms with Gasteiger partial charge in [0, 0.05) is 19.0 Å². The lowest BCUT2D eigenvalue weighted by molar-refractivity contribution is -0.157. The third-order valence-corrected chi connectivity index (χ3v) is 3.21. The lowest BCUT2D eigenvalue weighted by Crippen LogP contribution is -2.43. The molecule has 0 spiro atoms. The Hall–Kier alpha value is -2.17. The molecule has 5 nitrogen and oxygen atoms in total. The second-order valence-electron chi connectivity index (χ2n) is 4.75. The van der Waals surface area contributed by atoms with Crippen molar-refractivity contribution in [2.45, 2.75) is 32.3 Å². The van der Waals surface area contributed by atoms with E-state index in [1.165, 1.54) is 11.8 Å². The van der Waals surface area contributed by atoms with E-state index in [4.69, 9.17) is 4.74 Å². The first-order valence-corrected chi connectivity index (χ1v) is 6.67. The molecule has 1 heterocycles. The zero-order valence-corrected chi connectivity index (χ0v) is 11.4. The van der Waals surface area contributed by atoms with Crippen molar-refractivity contribution in [1.29, 1.82) is 0 Å².